The molecule has 1 aromatic heterocycles. The zero-order valence-corrected chi connectivity index (χ0v) is 16.5. The van der Waals surface area contributed by atoms with E-state index in [9.17, 15) is 8.42 Å². The van der Waals surface area contributed by atoms with Crippen molar-refractivity contribution >= 4 is 20.9 Å². The number of nitrogens with one attached hydrogen (secondary N) is 1. The minimum atomic E-state index is -3.61. The lowest BCUT2D eigenvalue weighted by atomic mass is 10.1. The van der Waals surface area contributed by atoms with Crippen LogP contribution in [0.2, 0.25) is 0 Å². The molecule has 4 rings (SSSR count). The summed E-state index contributed by atoms with van der Waals surface area (Å²) in [5, 5.41) is 4.18. The molecule has 0 spiro atoms. The molecular weight excluding hydrogens is 360 g/mol. The lowest BCUT2D eigenvalue weighted by Gasteiger charge is -2.32. The highest BCUT2D eigenvalue weighted by atomic mass is 32.2. The van der Waals surface area contributed by atoms with Crippen molar-refractivity contribution in [1.29, 1.82) is 0 Å². The molecule has 3 heterocycles. The van der Waals surface area contributed by atoms with Crippen molar-refractivity contribution in [3.8, 4) is 0 Å². The molecule has 6 nitrogen and oxygen atoms in total. The summed E-state index contributed by atoms with van der Waals surface area (Å²) in [6.45, 7) is 5.08. The third kappa shape index (κ3) is 4.01. The van der Waals surface area contributed by atoms with Gasteiger partial charge in [0.05, 0.1) is 5.52 Å². The van der Waals surface area contributed by atoms with Gasteiger partial charge in [0.2, 0.25) is 10.0 Å². The Kier molecular flexibility index (Phi) is 5.73. The van der Waals surface area contributed by atoms with Crippen molar-refractivity contribution in [3.63, 3.8) is 0 Å². The molecule has 0 saturated carbocycles. The van der Waals surface area contributed by atoms with Crippen LogP contribution in [-0.4, -0.2) is 67.9 Å². The maximum atomic E-state index is 13.6. The van der Waals surface area contributed by atoms with Gasteiger partial charge in [0, 0.05) is 37.3 Å². The Labute approximate surface area is 161 Å². The first kappa shape index (κ1) is 18.8. The molecule has 2 aromatic rings. The molecule has 1 N–H and O–H groups in total. The number of rotatable bonds is 6. The summed E-state index contributed by atoms with van der Waals surface area (Å²) in [6, 6.07) is 9.19. The van der Waals surface area contributed by atoms with Crippen LogP contribution >= 0.6 is 0 Å². The Bertz CT molecular complexity index is 869. The number of nitrogens with zero attached hydrogens (tertiary/aromatic N) is 3. The van der Waals surface area contributed by atoms with E-state index in [0.717, 1.165) is 44.5 Å². The van der Waals surface area contributed by atoms with Gasteiger partial charge in [-0.15, -0.1) is 0 Å². The van der Waals surface area contributed by atoms with E-state index in [4.69, 9.17) is 0 Å². The molecule has 0 aliphatic carbocycles. The minimum absolute atomic E-state index is 0.0127. The number of aromatic nitrogens is 1. The highest BCUT2D eigenvalue weighted by molar-refractivity contribution is 7.89. The van der Waals surface area contributed by atoms with E-state index < -0.39 is 10.0 Å². The number of pyridine rings is 1. The molecule has 2 fully saturated rings. The van der Waals surface area contributed by atoms with Crippen LogP contribution in [0.25, 0.3) is 10.9 Å². The molecule has 0 bridgehead atoms. The number of benzene rings is 1. The average Bonchev–Trinajstić information content (AvgIpc) is 3.22. The fourth-order valence-corrected chi connectivity index (χ4v) is 6.03. The Hall–Kier alpha value is -1.54. The van der Waals surface area contributed by atoms with Crippen LogP contribution in [0, 0.1) is 0 Å². The third-order valence-electron chi connectivity index (χ3n) is 5.71. The van der Waals surface area contributed by atoms with Crippen molar-refractivity contribution in [1.82, 2.24) is 19.5 Å². The first-order valence-corrected chi connectivity index (χ1v) is 11.4. The average molecular weight is 389 g/mol. The van der Waals surface area contributed by atoms with Gasteiger partial charge in [-0.25, -0.2) is 8.42 Å². The van der Waals surface area contributed by atoms with Crippen LogP contribution in [-0.2, 0) is 10.0 Å². The number of likely N-dealkylation sites (tertiary alicyclic amines) is 1. The van der Waals surface area contributed by atoms with Gasteiger partial charge in [0.15, 0.2) is 0 Å². The molecule has 0 radical (unpaired) electrons. The van der Waals surface area contributed by atoms with E-state index in [0.29, 0.717) is 17.0 Å². The second kappa shape index (κ2) is 8.22. The molecule has 2 saturated heterocycles. The SMILES string of the molecule is O=S(=O)(c1cccc2cccnc12)N(CCN1CCCCC1)C1CCNC1. The van der Waals surface area contributed by atoms with Gasteiger partial charge in [-0.2, -0.15) is 4.31 Å². The van der Waals surface area contributed by atoms with Crippen molar-refractivity contribution in [2.45, 2.75) is 36.6 Å². The largest absolute Gasteiger partial charge is 0.315 e. The highest BCUT2D eigenvalue weighted by Crippen LogP contribution is 2.27. The predicted octanol–water partition coefficient (Wildman–Crippen LogP) is 2.07. The zero-order chi connectivity index (χ0) is 18.7. The molecular formula is C20H28N4O2S. The fourth-order valence-electron chi connectivity index (χ4n) is 4.22. The number of sulfonamides is 1. The summed E-state index contributed by atoms with van der Waals surface area (Å²) in [4.78, 5) is 7.10. The van der Waals surface area contributed by atoms with Gasteiger partial charge in [-0.05, 0) is 51.0 Å². The summed E-state index contributed by atoms with van der Waals surface area (Å²) >= 11 is 0. The van der Waals surface area contributed by atoms with E-state index in [2.05, 4.69) is 15.2 Å². The Balaban J connectivity index is 1.64. The maximum Gasteiger partial charge on any atom is 0.245 e. The van der Waals surface area contributed by atoms with Crippen LogP contribution in [0.5, 0.6) is 0 Å². The van der Waals surface area contributed by atoms with E-state index in [1.807, 2.05) is 24.3 Å². The molecule has 0 amide bonds. The first-order chi connectivity index (χ1) is 13.2. The van der Waals surface area contributed by atoms with Gasteiger partial charge in [-0.1, -0.05) is 24.6 Å². The van der Waals surface area contributed by atoms with Crippen molar-refractivity contribution in [2.75, 3.05) is 39.3 Å². The summed E-state index contributed by atoms with van der Waals surface area (Å²) in [5.74, 6) is 0. The molecule has 1 unspecified atom stereocenters. The summed E-state index contributed by atoms with van der Waals surface area (Å²) in [5.41, 5.74) is 0.564. The first-order valence-electron chi connectivity index (χ1n) is 9.95. The van der Waals surface area contributed by atoms with Crippen molar-refractivity contribution < 1.29 is 8.42 Å². The Morgan fingerprint density at radius 1 is 1.15 bits per heavy atom. The summed E-state index contributed by atoms with van der Waals surface area (Å²) in [7, 11) is -3.61. The van der Waals surface area contributed by atoms with Crippen LogP contribution in [0.3, 0.4) is 0 Å². The topological polar surface area (TPSA) is 65.5 Å². The number of hydrogen-bond acceptors (Lipinski definition) is 5. The van der Waals surface area contributed by atoms with Crippen LogP contribution in [0.1, 0.15) is 25.7 Å². The van der Waals surface area contributed by atoms with Gasteiger partial charge < -0.3 is 10.2 Å². The maximum absolute atomic E-state index is 13.6. The van der Waals surface area contributed by atoms with Crippen LogP contribution in [0.4, 0.5) is 0 Å². The number of piperidine rings is 1. The summed E-state index contributed by atoms with van der Waals surface area (Å²) < 4.78 is 29.0. The normalized spacial score (nSPS) is 21.9. The second-order valence-corrected chi connectivity index (χ2v) is 9.35. The Morgan fingerprint density at radius 2 is 1.96 bits per heavy atom. The molecule has 146 valence electrons. The van der Waals surface area contributed by atoms with Crippen LogP contribution < -0.4 is 5.32 Å². The monoisotopic (exact) mass is 388 g/mol. The second-order valence-electron chi connectivity index (χ2n) is 7.50. The molecule has 1 atom stereocenters. The van der Waals surface area contributed by atoms with Gasteiger partial charge in [0.1, 0.15) is 4.90 Å². The number of fused-ring (bicyclic) bond motifs is 1. The molecule has 7 heteroatoms. The van der Waals surface area contributed by atoms with E-state index in [-0.39, 0.29) is 6.04 Å². The van der Waals surface area contributed by atoms with Crippen molar-refractivity contribution in [3.05, 3.63) is 36.5 Å². The number of hydrogen-bond donors (Lipinski definition) is 1. The van der Waals surface area contributed by atoms with Gasteiger partial charge in [-0.3, -0.25) is 4.98 Å². The fraction of sp³-hybridized carbons (Fsp3) is 0.550. The van der Waals surface area contributed by atoms with Gasteiger partial charge >= 0.3 is 0 Å². The Morgan fingerprint density at radius 3 is 2.74 bits per heavy atom. The quantitative estimate of drug-likeness (QED) is 0.821. The van der Waals surface area contributed by atoms with Crippen LogP contribution in [0.15, 0.2) is 41.4 Å². The lowest BCUT2D eigenvalue weighted by molar-refractivity contribution is 0.202. The highest BCUT2D eigenvalue weighted by Gasteiger charge is 2.34. The minimum Gasteiger partial charge on any atom is -0.315 e. The predicted molar refractivity (Wildman–Crippen MR) is 107 cm³/mol. The molecule has 2 aliphatic heterocycles. The van der Waals surface area contributed by atoms with Gasteiger partial charge in [0.25, 0.3) is 0 Å². The standard InChI is InChI=1S/C20H28N4O2S/c25-27(26,19-8-4-6-17-7-5-10-22-20(17)19)24(18-9-11-21-16-18)15-14-23-12-2-1-3-13-23/h4-8,10,18,21H,1-3,9,11-16H2. The third-order valence-corrected chi connectivity index (χ3v) is 7.69. The molecule has 27 heavy (non-hydrogen) atoms. The molecule has 1 aromatic carbocycles. The summed E-state index contributed by atoms with van der Waals surface area (Å²) in [6.07, 6.45) is 6.23. The lowest BCUT2D eigenvalue weighted by Crippen LogP contribution is -2.46. The zero-order valence-electron chi connectivity index (χ0n) is 15.7. The van der Waals surface area contributed by atoms with E-state index in [1.165, 1.54) is 19.3 Å². The van der Waals surface area contributed by atoms with Crippen molar-refractivity contribution in [2.24, 2.45) is 0 Å². The van der Waals surface area contributed by atoms with E-state index >= 15 is 0 Å². The smallest absolute Gasteiger partial charge is 0.245 e. The molecule has 2 aliphatic rings. The van der Waals surface area contributed by atoms with E-state index in [1.54, 1.807) is 16.6 Å². The number of para-hydroxylation sites is 1.